The summed E-state index contributed by atoms with van der Waals surface area (Å²) in [5.41, 5.74) is 0. The number of carbonyl (C=O) groups excluding carboxylic acids is 2. The van der Waals surface area contributed by atoms with Crippen LogP contribution in [-0.2, 0) is 33.3 Å². The van der Waals surface area contributed by atoms with Crippen LogP contribution in [0.15, 0.2) is 0 Å². The molecule has 0 aliphatic carbocycles. The first-order valence-electron chi connectivity index (χ1n) is 39.7. The predicted octanol–water partition coefficient (Wildman–Crippen LogP) is 25.0. The second-order valence-electron chi connectivity index (χ2n) is 28.7. The van der Waals surface area contributed by atoms with Crippen LogP contribution in [0, 0.1) is 0 Å². The molecule has 2 unspecified atom stereocenters. The Balaban J connectivity index is 3.91. The fraction of sp³-hybridized carbons (Fsp3) is 0.962. The van der Waals surface area contributed by atoms with Gasteiger partial charge in [-0.2, -0.15) is 0 Å². The van der Waals surface area contributed by atoms with Crippen molar-refractivity contribution in [2.24, 2.45) is 0 Å². The van der Waals surface area contributed by atoms with E-state index in [9.17, 15) is 19.5 Å². The number of unbranched alkanes of at least 4 members (excludes halogenated alkanes) is 61. The maximum absolute atomic E-state index is 13.0. The Bertz CT molecular complexity index is 1400. The SMILES string of the molecule is CCCCCCCCCCCCCCCCCCCCCCCCCCCCCCCCCCCCCCCCCC(=O)OC(COC(=O)CCCCCCCCCCCCCCCCCCCCCCCCCC)COC(OCC[N+](C)(C)C)C(=O)O. The van der Waals surface area contributed by atoms with E-state index in [0.717, 1.165) is 38.5 Å². The monoisotopic (exact) mass is 1250 g/mol. The van der Waals surface area contributed by atoms with E-state index in [1.54, 1.807) is 0 Å². The largest absolute Gasteiger partial charge is 0.477 e. The smallest absolute Gasteiger partial charge is 0.361 e. The molecule has 0 amide bonds. The van der Waals surface area contributed by atoms with Crippen LogP contribution in [0.3, 0.4) is 0 Å². The Hall–Kier alpha value is -1.71. The van der Waals surface area contributed by atoms with E-state index in [-0.39, 0.29) is 38.2 Å². The minimum Gasteiger partial charge on any atom is -0.477 e. The van der Waals surface area contributed by atoms with Crippen molar-refractivity contribution < 1.29 is 42.9 Å². The van der Waals surface area contributed by atoms with Gasteiger partial charge in [0.2, 0.25) is 0 Å². The van der Waals surface area contributed by atoms with E-state index in [0.29, 0.717) is 17.4 Å². The van der Waals surface area contributed by atoms with Crippen LogP contribution in [0.4, 0.5) is 0 Å². The fourth-order valence-electron chi connectivity index (χ4n) is 12.6. The first-order chi connectivity index (χ1) is 43.1. The molecule has 0 aromatic heterocycles. The molecule has 0 saturated heterocycles. The summed E-state index contributed by atoms with van der Waals surface area (Å²) in [5, 5.41) is 9.76. The van der Waals surface area contributed by atoms with Crippen LogP contribution < -0.4 is 0 Å². The van der Waals surface area contributed by atoms with Gasteiger partial charge in [-0.15, -0.1) is 0 Å². The molecule has 0 rings (SSSR count). The Kier molecular flexibility index (Phi) is 69.8. The lowest BCUT2D eigenvalue weighted by atomic mass is 10.0. The first kappa shape index (κ1) is 86.3. The minimum atomic E-state index is -1.50. The van der Waals surface area contributed by atoms with Crippen molar-refractivity contribution in [1.29, 1.82) is 0 Å². The van der Waals surface area contributed by atoms with E-state index in [1.165, 1.54) is 366 Å². The summed E-state index contributed by atoms with van der Waals surface area (Å²) >= 11 is 0. The number of carbonyl (C=O) groups is 3. The highest BCUT2D eigenvalue weighted by Crippen LogP contribution is 2.21. The summed E-state index contributed by atoms with van der Waals surface area (Å²) in [6.07, 6.45) is 84.1. The van der Waals surface area contributed by atoms with Crippen LogP contribution in [0.1, 0.15) is 431 Å². The third-order valence-electron chi connectivity index (χ3n) is 18.6. The molecule has 9 nitrogen and oxygen atoms in total. The van der Waals surface area contributed by atoms with Gasteiger partial charge in [0.25, 0.3) is 6.29 Å². The second-order valence-corrected chi connectivity index (χ2v) is 28.7. The van der Waals surface area contributed by atoms with E-state index in [1.807, 2.05) is 21.1 Å². The summed E-state index contributed by atoms with van der Waals surface area (Å²) in [5.74, 6) is -1.96. The third kappa shape index (κ3) is 71.7. The van der Waals surface area contributed by atoms with Crippen LogP contribution in [0.2, 0.25) is 0 Å². The molecule has 0 aromatic carbocycles. The third-order valence-corrected chi connectivity index (χ3v) is 18.6. The van der Waals surface area contributed by atoms with E-state index >= 15 is 0 Å². The molecule has 88 heavy (non-hydrogen) atoms. The summed E-state index contributed by atoms with van der Waals surface area (Å²) in [6, 6.07) is 0. The molecule has 0 heterocycles. The maximum Gasteiger partial charge on any atom is 0.361 e. The summed E-state index contributed by atoms with van der Waals surface area (Å²) in [7, 11) is 6.00. The summed E-state index contributed by atoms with van der Waals surface area (Å²) < 4.78 is 23.1. The van der Waals surface area contributed by atoms with E-state index in [2.05, 4.69) is 13.8 Å². The second kappa shape index (κ2) is 71.1. The van der Waals surface area contributed by atoms with Crippen LogP contribution >= 0.6 is 0 Å². The average molecular weight is 1250 g/mol. The van der Waals surface area contributed by atoms with Crippen molar-refractivity contribution >= 4 is 17.9 Å². The van der Waals surface area contributed by atoms with Crippen LogP contribution in [-0.4, -0.2) is 87.4 Å². The molecule has 0 aliphatic heterocycles. The van der Waals surface area contributed by atoms with Crippen molar-refractivity contribution in [2.75, 3.05) is 47.5 Å². The maximum atomic E-state index is 13.0. The van der Waals surface area contributed by atoms with Crippen molar-refractivity contribution in [3.05, 3.63) is 0 Å². The number of esters is 2. The molecular formula is C79H156NO8+. The van der Waals surface area contributed by atoms with Crippen molar-refractivity contribution in [2.45, 2.75) is 444 Å². The van der Waals surface area contributed by atoms with Gasteiger partial charge in [-0.3, -0.25) is 9.59 Å². The molecule has 2 atom stereocenters. The number of ether oxygens (including phenoxy) is 4. The van der Waals surface area contributed by atoms with Crippen molar-refractivity contribution in [3.8, 4) is 0 Å². The number of quaternary nitrogens is 1. The lowest BCUT2D eigenvalue weighted by Crippen LogP contribution is -2.40. The van der Waals surface area contributed by atoms with Crippen molar-refractivity contribution in [3.63, 3.8) is 0 Å². The van der Waals surface area contributed by atoms with Gasteiger partial charge in [0.05, 0.1) is 34.4 Å². The highest BCUT2D eigenvalue weighted by Gasteiger charge is 2.25. The number of aliphatic carboxylic acids is 1. The Morgan fingerprint density at radius 3 is 0.727 bits per heavy atom. The normalized spacial score (nSPS) is 12.5. The van der Waals surface area contributed by atoms with E-state index < -0.39 is 18.4 Å². The van der Waals surface area contributed by atoms with Gasteiger partial charge >= 0.3 is 17.9 Å². The molecule has 0 radical (unpaired) electrons. The number of nitrogens with zero attached hydrogens (tertiary/aromatic N) is 1. The Morgan fingerprint density at radius 1 is 0.295 bits per heavy atom. The zero-order valence-electron chi connectivity index (χ0n) is 60.2. The fourth-order valence-corrected chi connectivity index (χ4v) is 12.6. The molecule has 9 heteroatoms. The molecule has 0 spiro atoms. The molecular weight excluding hydrogens is 1090 g/mol. The molecule has 0 fully saturated rings. The lowest BCUT2D eigenvalue weighted by molar-refractivity contribution is -0.870. The summed E-state index contributed by atoms with van der Waals surface area (Å²) in [6.45, 7) is 4.98. The highest BCUT2D eigenvalue weighted by atomic mass is 16.7. The lowest BCUT2D eigenvalue weighted by Gasteiger charge is -2.25. The molecule has 1 N–H and O–H groups in total. The van der Waals surface area contributed by atoms with Gasteiger partial charge < -0.3 is 28.5 Å². The standard InChI is InChI=1S/C79H155NO8/c1-6-8-10-12-14-16-18-20-22-24-26-28-30-32-33-34-35-36-37-38-39-40-41-42-43-44-45-46-48-50-52-54-56-58-60-62-64-66-68-70-77(82)88-75(74-87-79(78(83)84)85-72-71-80(3,4)5)73-86-76(81)69-67-65-63-61-59-57-55-53-51-49-47-31-29-27-25-23-21-19-17-15-13-11-9-7-2/h75,79H,6-74H2,1-5H3/p+1. The zero-order valence-corrected chi connectivity index (χ0v) is 60.2. The molecule has 0 aromatic rings. The molecule has 0 aliphatic rings. The topological polar surface area (TPSA) is 108 Å². The molecule has 0 saturated carbocycles. The van der Waals surface area contributed by atoms with Gasteiger partial charge in [0, 0.05) is 12.8 Å². The number of likely N-dealkylation sites (N-methyl/N-ethyl adjacent to an activating group) is 1. The van der Waals surface area contributed by atoms with E-state index in [4.69, 9.17) is 18.9 Å². The van der Waals surface area contributed by atoms with Gasteiger partial charge in [-0.25, -0.2) is 4.79 Å². The number of hydrogen-bond donors (Lipinski definition) is 1. The number of carboxylic acid groups (broad SMARTS) is 1. The van der Waals surface area contributed by atoms with Crippen LogP contribution in [0.5, 0.6) is 0 Å². The quantitative estimate of drug-likeness (QED) is 0.0278. The van der Waals surface area contributed by atoms with Crippen LogP contribution in [0.25, 0.3) is 0 Å². The Labute approximate surface area is 549 Å². The van der Waals surface area contributed by atoms with Gasteiger partial charge in [-0.1, -0.05) is 406 Å². The van der Waals surface area contributed by atoms with Gasteiger partial charge in [0.1, 0.15) is 13.2 Å². The highest BCUT2D eigenvalue weighted by molar-refractivity contribution is 5.71. The average Bonchev–Trinajstić information content (AvgIpc) is 3.52. The predicted molar refractivity (Wildman–Crippen MR) is 379 cm³/mol. The van der Waals surface area contributed by atoms with Crippen molar-refractivity contribution in [1.82, 2.24) is 0 Å². The zero-order chi connectivity index (χ0) is 64.0. The number of hydrogen-bond acceptors (Lipinski definition) is 7. The van der Waals surface area contributed by atoms with Gasteiger partial charge in [0.15, 0.2) is 6.10 Å². The van der Waals surface area contributed by atoms with Gasteiger partial charge in [-0.05, 0) is 12.8 Å². The Morgan fingerprint density at radius 2 is 0.511 bits per heavy atom. The summed E-state index contributed by atoms with van der Waals surface area (Å²) in [4.78, 5) is 37.7. The molecule has 524 valence electrons. The first-order valence-corrected chi connectivity index (χ1v) is 39.7. The minimum absolute atomic E-state index is 0.172. The molecule has 0 bridgehead atoms. The number of carboxylic acids is 1. The number of rotatable bonds is 76.